The van der Waals surface area contributed by atoms with Crippen LogP contribution in [0.25, 0.3) is 10.2 Å². The largest absolute Gasteiger partial charge is 0.490 e. The Morgan fingerprint density at radius 2 is 2.28 bits per heavy atom. The third kappa shape index (κ3) is 1.64. The molecule has 1 aliphatic rings. The molecule has 1 aromatic carbocycles. The van der Waals surface area contributed by atoms with E-state index in [1.807, 2.05) is 6.92 Å². The molecule has 94 valence electrons. The lowest BCUT2D eigenvalue weighted by Crippen LogP contribution is -1.96. The first-order valence-electron chi connectivity index (χ1n) is 5.74. The van der Waals surface area contributed by atoms with Gasteiger partial charge in [-0.05, 0) is 19.8 Å². The Morgan fingerprint density at radius 1 is 1.56 bits per heavy atom. The standard InChI is InChI=1S/C12H12N2O3S/c1-6-10(17-2)9(14(15)16)5-8-11(6)18-12(13-8)7-3-4-7/h5,7H,3-4H2,1-2H3. The zero-order valence-corrected chi connectivity index (χ0v) is 10.9. The minimum Gasteiger partial charge on any atom is -0.490 e. The number of thiazole rings is 1. The first-order valence-corrected chi connectivity index (χ1v) is 6.56. The highest BCUT2D eigenvalue weighted by Crippen LogP contribution is 2.46. The average molecular weight is 264 g/mol. The zero-order chi connectivity index (χ0) is 12.9. The van der Waals surface area contributed by atoms with E-state index in [9.17, 15) is 10.1 Å². The number of ether oxygens (including phenoxy) is 1. The molecule has 1 aliphatic carbocycles. The molecule has 0 unspecified atom stereocenters. The fourth-order valence-electron chi connectivity index (χ4n) is 2.10. The van der Waals surface area contributed by atoms with Crippen LogP contribution in [0.5, 0.6) is 5.75 Å². The molecule has 0 N–H and O–H groups in total. The maximum Gasteiger partial charge on any atom is 0.313 e. The van der Waals surface area contributed by atoms with Crippen LogP contribution >= 0.6 is 11.3 Å². The summed E-state index contributed by atoms with van der Waals surface area (Å²) in [6.07, 6.45) is 2.36. The molecule has 0 aliphatic heterocycles. The van der Waals surface area contributed by atoms with Crippen molar-refractivity contribution in [3.63, 3.8) is 0 Å². The smallest absolute Gasteiger partial charge is 0.313 e. The fraction of sp³-hybridized carbons (Fsp3) is 0.417. The summed E-state index contributed by atoms with van der Waals surface area (Å²) in [5.74, 6) is 0.908. The van der Waals surface area contributed by atoms with Crippen LogP contribution in [0.2, 0.25) is 0 Å². The van der Waals surface area contributed by atoms with Crippen molar-refractivity contribution in [2.24, 2.45) is 0 Å². The van der Waals surface area contributed by atoms with Gasteiger partial charge in [0.2, 0.25) is 5.75 Å². The fourth-order valence-corrected chi connectivity index (χ4v) is 3.31. The molecule has 0 spiro atoms. The number of hydrogen-bond acceptors (Lipinski definition) is 5. The number of hydrogen-bond donors (Lipinski definition) is 0. The zero-order valence-electron chi connectivity index (χ0n) is 10.1. The van der Waals surface area contributed by atoms with Crippen molar-refractivity contribution in [3.8, 4) is 5.75 Å². The van der Waals surface area contributed by atoms with Gasteiger partial charge in [0.1, 0.15) is 0 Å². The van der Waals surface area contributed by atoms with Crippen LogP contribution in [0.4, 0.5) is 5.69 Å². The highest BCUT2D eigenvalue weighted by Gasteiger charge is 2.29. The van der Waals surface area contributed by atoms with Gasteiger partial charge < -0.3 is 4.74 Å². The summed E-state index contributed by atoms with van der Waals surface area (Å²) in [5, 5.41) is 12.1. The highest BCUT2D eigenvalue weighted by molar-refractivity contribution is 7.18. The lowest BCUT2D eigenvalue weighted by Gasteiger charge is -2.05. The van der Waals surface area contributed by atoms with Crippen molar-refractivity contribution in [2.45, 2.75) is 25.7 Å². The minimum atomic E-state index is -0.415. The first kappa shape index (κ1) is 11.4. The van der Waals surface area contributed by atoms with Gasteiger partial charge in [0.25, 0.3) is 0 Å². The molecular weight excluding hydrogens is 252 g/mol. The SMILES string of the molecule is COc1c([N+](=O)[O-])cc2nc(C3CC3)sc2c1C. The Balaban J connectivity index is 2.27. The van der Waals surface area contributed by atoms with Crippen LogP contribution in [-0.4, -0.2) is 17.0 Å². The van der Waals surface area contributed by atoms with Crippen LogP contribution in [0.1, 0.15) is 29.3 Å². The average Bonchev–Trinajstić information content (AvgIpc) is 3.09. The third-order valence-corrected chi connectivity index (χ3v) is 4.54. The van der Waals surface area contributed by atoms with Gasteiger partial charge in [-0.25, -0.2) is 4.98 Å². The molecule has 0 saturated heterocycles. The van der Waals surface area contributed by atoms with Gasteiger partial charge in [-0.15, -0.1) is 11.3 Å². The van der Waals surface area contributed by atoms with E-state index >= 15 is 0 Å². The Hall–Kier alpha value is -1.69. The van der Waals surface area contributed by atoms with E-state index in [0.29, 0.717) is 17.2 Å². The molecule has 0 atom stereocenters. The number of nitro groups is 1. The monoisotopic (exact) mass is 264 g/mol. The molecule has 0 bridgehead atoms. The number of benzene rings is 1. The molecule has 3 rings (SSSR count). The second-order valence-corrected chi connectivity index (χ2v) is 5.52. The van der Waals surface area contributed by atoms with Crippen molar-refractivity contribution >= 4 is 27.2 Å². The summed E-state index contributed by atoms with van der Waals surface area (Å²) >= 11 is 1.63. The van der Waals surface area contributed by atoms with Gasteiger partial charge in [0, 0.05) is 17.5 Å². The number of aromatic nitrogens is 1. The molecule has 1 aromatic heterocycles. The Bertz CT molecular complexity index is 646. The van der Waals surface area contributed by atoms with E-state index < -0.39 is 4.92 Å². The van der Waals surface area contributed by atoms with Gasteiger partial charge in [0.05, 0.1) is 27.3 Å². The van der Waals surface area contributed by atoms with Gasteiger partial charge in [-0.1, -0.05) is 0 Å². The van der Waals surface area contributed by atoms with Crippen LogP contribution < -0.4 is 4.74 Å². The van der Waals surface area contributed by atoms with Crippen molar-refractivity contribution in [1.29, 1.82) is 0 Å². The summed E-state index contributed by atoms with van der Waals surface area (Å²) in [5.41, 5.74) is 1.52. The Morgan fingerprint density at radius 3 is 2.83 bits per heavy atom. The Kier molecular flexibility index (Phi) is 2.48. The van der Waals surface area contributed by atoms with Crippen LogP contribution in [0.15, 0.2) is 6.07 Å². The first-order chi connectivity index (χ1) is 8.61. The maximum absolute atomic E-state index is 11.0. The molecule has 1 heterocycles. The lowest BCUT2D eigenvalue weighted by molar-refractivity contribution is -0.385. The van der Waals surface area contributed by atoms with E-state index in [0.717, 1.165) is 15.3 Å². The molecule has 0 radical (unpaired) electrons. The molecule has 1 saturated carbocycles. The summed E-state index contributed by atoms with van der Waals surface area (Å²) in [6.45, 7) is 1.85. The van der Waals surface area contributed by atoms with E-state index in [2.05, 4.69) is 4.98 Å². The molecule has 0 amide bonds. The molecule has 6 heteroatoms. The highest BCUT2D eigenvalue weighted by atomic mass is 32.1. The van der Waals surface area contributed by atoms with Crippen molar-refractivity contribution in [2.75, 3.05) is 7.11 Å². The number of nitrogens with zero attached hydrogens (tertiary/aromatic N) is 2. The quantitative estimate of drug-likeness (QED) is 0.629. The number of aryl methyl sites for hydroxylation is 1. The van der Waals surface area contributed by atoms with Crippen molar-refractivity contribution in [3.05, 3.63) is 26.8 Å². The lowest BCUT2D eigenvalue weighted by atomic mass is 10.2. The minimum absolute atomic E-state index is 0.00449. The van der Waals surface area contributed by atoms with Gasteiger partial charge >= 0.3 is 5.69 Å². The van der Waals surface area contributed by atoms with E-state index in [-0.39, 0.29) is 5.69 Å². The summed E-state index contributed by atoms with van der Waals surface area (Å²) in [6, 6.07) is 1.52. The number of nitro benzene ring substituents is 1. The van der Waals surface area contributed by atoms with Crippen molar-refractivity contribution in [1.82, 2.24) is 4.98 Å². The number of methoxy groups -OCH3 is 1. The van der Waals surface area contributed by atoms with Crippen molar-refractivity contribution < 1.29 is 9.66 Å². The summed E-state index contributed by atoms with van der Waals surface area (Å²) in [4.78, 5) is 15.1. The van der Waals surface area contributed by atoms with Crippen LogP contribution in [0, 0.1) is 17.0 Å². The predicted octanol–water partition coefficient (Wildman–Crippen LogP) is 3.40. The predicted molar refractivity (Wildman–Crippen MR) is 69.5 cm³/mol. The van der Waals surface area contributed by atoms with E-state index in [4.69, 9.17) is 4.74 Å². The maximum atomic E-state index is 11.0. The molecule has 2 aromatic rings. The summed E-state index contributed by atoms with van der Waals surface area (Å²) < 4.78 is 6.17. The van der Waals surface area contributed by atoms with Gasteiger partial charge in [-0.2, -0.15) is 0 Å². The molecular formula is C12H12N2O3S. The van der Waals surface area contributed by atoms with Crippen LogP contribution in [-0.2, 0) is 0 Å². The topological polar surface area (TPSA) is 65.3 Å². The second-order valence-electron chi connectivity index (χ2n) is 4.49. The molecule has 1 fully saturated rings. The number of fused-ring (bicyclic) bond motifs is 1. The Labute approximate surface area is 108 Å². The number of rotatable bonds is 3. The molecule has 18 heavy (non-hydrogen) atoms. The molecule has 5 nitrogen and oxygen atoms in total. The normalized spacial score (nSPS) is 15.0. The second kappa shape index (κ2) is 3.91. The van der Waals surface area contributed by atoms with Gasteiger partial charge in [-0.3, -0.25) is 10.1 Å². The third-order valence-electron chi connectivity index (χ3n) is 3.18. The van der Waals surface area contributed by atoms with Crippen LogP contribution in [0.3, 0.4) is 0 Å². The summed E-state index contributed by atoms with van der Waals surface area (Å²) in [7, 11) is 1.46. The van der Waals surface area contributed by atoms with E-state index in [1.165, 1.54) is 26.0 Å². The van der Waals surface area contributed by atoms with Gasteiger partial charge in [0.15, 0.2) is 0 Å². The van der Waals surface area contributed by atoms with E-state index in [1.54, 1.807) is 11.3 Å².